The smallest absolute Gasteiger partial charge is 0 e. The molecule has 1 radical (unpaired) electrons. The Morgan fingerprint density at radius 2 is 0.769 bits per heavy atom. The fraction of sp³-hybridized carbons (Fsp3) is 0. The second-order valence-corrected chi connectivity index (χ2v) is 2.15. The van der Waals surface area contributed by atoms with Crippen LogP contribution in [0.15, 0.2) is 60.7 Å². The van der Waals surface area contributed by atoms with Crippen LogP contribution < -0.4 is 0 Å². The van der Waals surface area contributed by atoms with Crippen molar-refractivity contribution in [1.29, 1.82) is 0 Å². The maximum Gasteiger partial charge on any atom is 0 e. The molecule has 2 aromatic rings. The van der Waals surface area contributed by atoms with E-state index in [9.17, 15) is 0 Å². The van der Waals surface area contributed by atoms with Crippen molar-refractivity contribution in [3.8, 4) is 0 Å². The van der Waals surface area contributed by atoms with Crippen molar-refractivity contribution in [2.75, 3.05) is 0 Å². The molecule has 0 aliphatic heterocycles. The van der Waals surface area contributed by atoms with E-state index in [2.05, 4.69) is 12.1 Å². The van der Waals surface area contributed by atoms with Crippen LogP contribution in [0, 0.1) is 26.4 Å². The Kier molecular flexibility index (Phi) is 8.12. The third-order valence-electron chi connectivity index (χ3n) is 1.21. The van der Waals surface area contributed by atoms with E-state index in [4.69, 9.17) is 0 Å². The molecule has 0 spiro atoms. The molecule has 2 aromatic carbocycles. The molecule has 0 aliphatic rings. The normalized spacial score (nSPS) is 7.38. The first-order chi connectivity index (χ1) is 6.00. The predicted molar refractivity (Wildman–Crippen MR) is 50.6 cm³/mol. The van der Waals surface area contributed by atoms with Crippen LogP contribution in [-0.2, 0) is 0 Å². The van der Waals surface area contributed by atoms with Crippen LogP contribution in [-0.4, -0.2) is 0 Å². The van der Waals surface area contributed by atoms with Gasteiger partial charge in [-0.1, -0.05) is 0 Å². The molecule has 0 unspecified atom stereocenters. The van der Waals surface area contributed by atoms with Gasteiger partial charge in [0.05, 0.1) is 0 Å². The maximum atomic E-state index is 2.89. The Morgan fingerprint density at radius 3 is 0.846 bits per heavy atom. The summed E-state index contributed by atoms with van der Waals surface area (Å²) in [7, 11) is 0. The van der Waals surface area contributed by atoms with Crippen molar-refractivity contribution in [2.24, 2.45) is 0 Å². The van der Waals surface area contributed by atoms with Gasteiger partial charge in [-0.15, -0.1) is 0 Å². The summed E-state index contributed by atoms with van der Waals surface area (Å²) in [6.45, 7) is 0. The van der Waals surface area contributed by atoms with Gasteiger partial charge in [-0.2, -0.15) is 72.8 Å². The van der Waals surface area contributed by atoms with Crippen molar-refractivity contribution in [1.82, 2.24) is 0 Å². The van der Waals surface area contributed by atoms with Gasteiger partial charge in [-0.25, -0.2) is 0 Å². The molecule has 0 heterocycles. The Hall–Kier alpha value is -1.17. The minimum Gasteiger partial charge on any atom is -0.184 e. The van der Waals surface area contributed by atoms with Crippen molar-refractivity contribution in [2.45, 2.75) is 0 Å². The first kappa shape index (κ1) is 11.8. The Bertz CT molecular complexity index is 181. The minimum atomic E-state index is 0. The number of hydrogen-bond acceptors (Lipinski definition) is 0. The van der Waals surface area contributed by atoms with Gasteiger partial charge in [0.15, 0.2) is 0 Å². The zero-order chi connectivity index (χ0) is 8.49. The molecule has 0 nitrogen and oxygen atoms in total. The Labute approximate surface area is 87.4 Å². The molecule has 2 rings (SSSR count). The third-order valence-corrected chi connectivity index (χ3v) is 1.21. The summed E-state index contributed by atoms with van der Waals surface area (Å²) in [5.41, 5.74) is 0. The second kappa shape index (κ2) is 8.92. The van der Waals surface area contributed by atoms with Gasteiger partial charge in [-0.05, 0) is 0 Å². The molecule has 0 fully saturated rings. The zero-order valence-electron chi connectivity index (χ0n) is 7.15. The number of hydrogen-bond donors (Lipinski definition) is 0. The quantitative estimate of drug-likeness (QED) is 0.600. The van der Waals surface area contributed by atoms with Crippen LogP contribution >= 0.6 is 0 Å². The first-order valence-electron chi connectivity index (χ1n) is 3.82. The SMILES string of the molecule is [Am].[c-]1ccccc1.[c-]1ccccc1. The topological polar surface area (TPSA) is 0 Å². The fourth-order valence-corrected chi connectivity index (χ4v) is 0.684. The van der Waals surface area contributed by atoms with Gasteiger partial charge in [0.25, 0.3) is 0 Å². The van der Waals surface area contributed by atoms with Crippen LogP contribution in [0.5, 0.6) is 0 Å². The predicted octanol–water partition coefficient (Wildman–Crippen LogP) is 2.97. The van der Waals surface area contributed by atoms with E-state index in [1.807, 2.05) is 60.7 Å². The number of rotatable bonds is 0. The standard InChI is InChI=1S/2C6H5.Am/c2*1-2-4-6-5-3-1;/h2*1-5H;/q2*-1;. The first-order valence-corrected chi connectivity index (χ1v) is 3.82. The molecule has 67 valence electrons. The molecular formula is C12H10Am-2. The molecule has 1 heteroatoms. The van der Waals surface area contributed by atoms with Crippen LogP contribution in [0.1, 0.15) is 0 Å². The molecule has 13 heavy (non-hydrogen) atoms. The molecule has 0 N–H and O–H groups in total. The summed E-state index contributed by atoms with van der Waals surface area (Å²) in [5.74, 6) is 0. The molecule has 0 saturated heterocycles. The van der Waals surface area contributed by atoms with Crippen LogP contribution in [0.25, 0.3) is 0 Å². The zero-order valence-corrected chi connectivity index (χ0v) is 10.3. The second-order valence-electron chi connectivity index (χ2n) is 2.15. The Balaban J connectivity index is 0.000000206. The van der Waals surface area contributed by atoms with E-state index in [1.54, 1.807) is 0 Å². The van der Waals surface area contributed by atoms with E-state index in [0.717, 1.165) is 0 Å². The van der Waals surface area contributed by atoms with E-state index < -0.39 is 0 Å². The molecule has 0 amide bonds. The van der Waals surface area contributed by atoms with Gasteiger partial charge >= 0.3 is 0 Å². The van der Waals surface area contributed by atoms with E-state index in [1.165, 1.54) is 0 Å². The molecule has 0 aromatic heterocycles. The average molecular weight is 397 g/mol. The van der Waals surface area contributed by atoms with Crippen LogP contribution in [0.4, 0.5) is 0 Å². The van der Waals surface area contributed by atoms with Gasteiger partial charge < -0.3 is 0 Å². The molecule has 0 saturated carbocycles. The van der Waals surface area contributed by atoms with Crippen molar-refractivity contribution >= 4 is 0 Å². The van der Waals surface area contributed by atoms with Crippen molar-refractivity contribution in [3.05, 3.63) is 72.8 Å². The number of benzene rings is 2. The van der Waals surface area contributed by atoms with E-state index in [0.29, 0.717) is 0 Å². The maximum absolute atomic E-state index is 2.89. The van der Waals surface area contributed by atoms with Crippen molar-refractivity contribution < 1.29 is 14.3 Å². The molecule has 0 bridgehead atoms. The molecule has 0 atom stereocenters. The fourth-order valence-electron chi connectivity index (χ4n) is 0.684. The third kappa shape index (κ3) is 7.20. The largest absolute Gasteiger partial charge is 0.184 e. The van der Waals surface area contributed by atoms with Gasteiger partial charge in [-0.3, -0.25) is 0 Å². The van der Waals surface area contributed by atoms with Crippen LogP contribution in [0.3, 0.4) is 0 Å². The summed E-state index contributed by atoms with van der Waals surface area (Å²) in [6, 6.07) is 25.0. The summed E-state index contributed by atoms with van der Waals surface area (Å²) in [4.78, 5) is 0. The Morgan fingerprint density at radius 1 is 0.462 bits per heavy atom. The van der Waals surface area contributed by atoms with E-state index in [-0.39, 0.29) is 14.3 Å². The van der Waals surface area contributed by atoms with Crippen molar-refractivity contribution in [3.63, 3.8) is 0 Å². The van der Waals surface area contributed by atoms with Gasteiger partial charge in [0.1, 0.15) is 0 Å². The van der Waals surface area contributed by atoms with Crippen LogP contribution in [0.2, 0.25) is 0 Å². The summed E-state index contributed by atoms with van der Waals surface area (Å²) in [6.07, 6.45) is 0. The summed E-state index contributed by atoms with van der Waals surface area (Å²) in [5, 5.41) is 0. The average Bonchev–Trinajstić information content (AvgIpc) is 2.24. The molecule has 0 aliphatic carbocycles. The van der Waals surface area contributed by atoms with Gasteiger partial charge in [0.2, 0.25) is 0 Å². The van der Waals surface area contributed by atoms with Gasteiger partial charge in [0, 0.05) is 14.3 Å². The monoisotopic (exact) mass is 395 g/mol. The minimum absolute atomic E-state index is 0. The summed E-state index contributed by atoms with van der Waals surface area (Å²) < 4.78 is 0. The molecular weight excluding hydrogens is 387 g/mol. The van der Waals surface area contributed by atoms with E-state index >= 15 is 0 Å². The summed E-state index contributed by atoms with van der Waals surface area (Å²) >= 11 is 0.